The van der Waals surface area contributed by atoms with Crippen molar-refractivity contribution in [2.45, 2.75) is 6.92 Å². The van der Waals surface area contributed by atoms with E-state index >= 15 is 0 Å². The van der Waals surface area contributed by atoms with Crippen LogP contribution in [0.4, 0.5) is 0 Å². The Labute approximate surface area is 119 Å². The first-order valence-corrected chi connectivity index (χ1v) is 6.70. The number of nitrogens with zero attached hydrogens (tertiary/aromatic N) is 1. The number of rotatable bonds is 3. The number of halogens is 1. The van der Waals surface area contributed by atoms with E-state index in [1.807, 2.05) is 0 Å². The second-order valence-electron chi connectivity index (χ2n) is 4.76. The molecular formula is C13H14BrNO4. The van der Waals surface area contributed by atoms with Crippen LogP contribution in [0.5, 0.6) is 5.75 Å². The Bertz CT molecular complexity index is 525. The molecule has 1 atom stereocenters. The van der Waals surface area contributed by atoms with Crippen LogP contribution in [-0.4, -0.2) is 40.1 Å². The van der Waals surface area contributed by atoms with Crippen LogP contribution in [0, 0.1) is 11.8 Å². The fraction of sp³-hybridized carbons (Fsp3) is 0.385. The highest BCUT2D eigenvalue weighted by Gasteiger charge is 2.37. The van der Waals surface area contributed by atoms with Crippen LogP contribution in [0.2, 0.25) is 0 Å². The van der Waals surface area contributed by atoms with Gasteiger partial charge in [0, 0.05) is 23.5 Å². The summed E-state index contributed by atoms with van der Waals surface area (Å²) in [4.78, 5) is 24.5. The van der Waals surface area contributed by atoms with Crippen molar-refractivity contribution >= 4 is 27.8 Å². The van der Waals surface area contributed by atoms with Gasteiger partial charge in [-0.3, -0.25) is 9.59 Å². The van der Waals surface area contributed by atoms with E-state index in [-0.39, 0.29) is 23.1 Å². The first-order chi connectivity index (χ1) is 8.90. The van der Waals surface area contributed by atoms with Crippen molar-refractivity contribution in [1.82, 2.24) is 4.90 Å². The monoisotopic (exact) mass is 327 g/mol. The number of phenolic OH excluding ortho intramolecular Hbond substituents is 1. The van der Waals surface area contributed by atoms with Crippen molar-refractivity contribution in [2.24, 2.45) is 11.8 Å². The number of carbonyl (C=O) groups is 2. The van der Waals surface area contributed by atoms with E-state index in [1.54, 1.807) is 24.0 Å². The third-order valence-electron chi connectivity index (χ3n) is 3.48. The zero-order valence-corrected chi connectivity index (χ0v) is 11.9. The zero-order valence-electron chi connectivity index (χ0n) is 10.3. The number of carboxylic acids is 1. The molecule has 2 rings (SSSR count). The Morgan fingerprint density at radius 3 is 2.58 bits per heavy atom. The molecule has 1 heterocycles. The molecule has 1 aromatic rings. The molecule has 6 heteroatoms. The highest BCUT2D eigenvalue weighted by atomic mass is 79.9. The summed E-state index contributed by atoms with van der Waals surface area (Å²) in [6.45, 7) is 2.48. The quantitative estimate of drug-likeness (QED) is 0.889. The molecule has 1 fully saturated rings. The highest BCUT2D eigenvalue weighted by Crippen LogP contribution is 2.29. The largest absolute Gasteiger partial charge is 0.507 e. The van der Waals surface area contributed by atoms with E-state index in [0.717, 1.165) is 0 Å². The summed E-state index contributed by atoms with van der Waals surface area (Å²) in [5, 5.41) is 18.6. The van der Waals surface area contributed by atoms with Crippen LogP contribution < -0.4 is 0 Å². The Kier molecular flexibility index (Phi) is 3.80. The minimum Gasteiger partial charge on any atom is -0.507 e. The summed E-state index contributed by atoms with van der Waals surface area (Å²) in [7, 11) is 0. The lowest BCUT2D eigenvalue weighted by Crippen LogP contribution is -2.53. The summed E-state index contributed by atoms with van der Waals surface area (Å²) in [6.07, 6.45) is 0. The number of aliphatic carboxylic acids is 1. The van der Waals surface area contributed by atoms with Crippen LogP contribution in [-0.2, 0) is 4.79 Å². The van der Waals surface area contributed by atoms with Crippen molar-refractivity contribution in [3.8, 4) is 5.75 Å². The summed E-state index contributed by atoms with van der Waals surface area (Å²) in [5.41, 5.74) is 0.240. The van der Waals surface area contributed by atoms with E-state index in [0.29, 0.717) is 17.6 Å². The molecule has 102 valence electrons. The molecule has 19 heavy (non-hydrogen) atoms. The van der Waals surface area contributed by atoms with E-state index in [2.05, 4.69) is 15.9 Å². The molecule has 0 spiro atoms. The van der Waals surface area contributed by atoms with Gasteiger partial charge in [0.2, 0.25) is 0 Å². The lowest BCUT2D eigenvalue weighted by Gasteiger charge is -2.41. The molecule has 0 bridgehead atoms. The van der Waals surface area contributed by atoms with Crippen LogP contribution in [0.25, 0.3) is 0 Å². The minimum atomic E-state index is -0.844. The number of hydrogen-bond acceptors (Lipinski definition) is 3. The molecular weight excluding hydrogens is 314 g/mol. The van der Waals surface area contributed by atoms with Gasteiger partial charge in [0.05, 0.1) is 11.5 Å². The van der Waals surface area contributed by atoms with E-state index in [1.165, 1.54) is 6.07 Å². The van der Waals surface area contributed by atoms with E-state index in [9.17, 15) is 14.7 Å². The van der Waals surface area contributed by atoms with Crippen LogP contribution >= 0.6 is 15.9 Å². The predicted octanol–water partition coefficient (Wildman–Crippen LogP) is 1.95. The zero-order chi connectivity index (χ0) is 14.2. The third-order valence-corrected chi connectivity index (χ3v) is 3.98. The second-order valence-corrected chi connectivity index (χ2v) is 5.67. The molecule has 1 aliphatic rings. The topological polar surface area (TPSA) is 77.8 Å². The number of likely N-dealkylation sites (tertiary alicyclic amines) is 1. The first kappa shape index (κ1) is 13.9. The standard InChI is InChI=1S/C13H14BrNO4/c1-7(13(18)19)8-5-15(6-8)12(17)10-3-2-9(14)4-11(10)16/h2-4,7-8,16H,5-6H2,1H3,(H,18,19). The molecule has 0 radical (unpaired) electrons. The summed E-state index contributed by atoms with van der Waals surface area (Å²) in [5.74, 6) is -1.65. The van der Waals surface area contributed by atoms with Crippen LogP contribution in [0.3, 0.4) is 0 Å². The van der Waals surface area contributed by atoms with Crippen molar-refractivity contribution in [3.05, 3.63) is 28.2 Å². The molecule has 0 aromatic heterocycles. The van der Waals surface area contributed by atoms with Gasteiger partial charge in [-0.2, -0.15) is 0 Å². The molecule has 1 saturated heterocycles. The van der Waals surface area contributed by atoms with Gasteiger partial charge >= 0.3 is 5.97 Å². The van der Waals surface area contributed by atoms with Gasteiger partial charge in [-0.1, -0.05) is 22.9 Å². The number of hydrogen-bond donors (Lipinski definition) is 2. The SMILES string of the molecule is CC(C(=O)O)C1CN(C(=O)c2ccc(Br)cc2O)C1. The molecule has 1 amide bonds. The third kappa shape index (κ3) is 2.73. The van der Waals surface area contributed by atoms with E-state index < -0.39 is 11.9 Å². The molecule has 1 unspecified atom stereocenters. The number of carboxylic acid groups (broad SMARTS) is 1. The lowest BCUT2D eigenvalue weighted by atomic mass is 9.86. The van der Waals surface area contributed by atoms with Gasteiger partial charge in [0.15, 0.2) is 0 Å². The predicted molar refractivity (Wildman–Crippen MR) is 72.0 cm³/mol. The van der Waals surface area contributed by atoms with Gasteiger partial charge in [-0.25, -0.2) is 0 Å². The van der Waals surface area contributed by atoms with Gasteiger partial charge in [-0.15, -0.1) is 0 Å². The molecule has 1 aliphatic heterocycles. The Balaban J connectivity index is 2.02. The lowest BCUT2D eigenvalue weighted by molar-refractivity contribution is -0.144. The minimum absolute atomic E-state index is 0.0148. The number of carbonyl (C=O) groups excluding carboxylic acids is 1. The maximum Gasteiger partial charge on any atom is 0.306 e. The van der Waals surface area contributed by atoms with E-state index in [4.69, 9.17) is 5.11 Å². The normalized spacial score (nSPS) is 16.8. The fourth-order valence-corrected chi connectivity index (χ4v) is 2.40. The van der Waals surface area contributed by atoms with Crippen LogP contribution in [0.1, 0.15) is 17.3 Å². The summed E-state index contributed by atoms with van der Waals surface area (Å²) >= 11 is 3.21. The van der Waals surface area contributed by atoms with Crippen LogP contribution in [0.15, 0.2) is 22.7 Å². The molecule has 1 aromatic carbocycles. The van der Waals surface area contributed by atoms with Gasteiger partial charge in [0.1, 0.15) is 5.75 Å². The number of benzene rings is 1. The average Bonchev–Trinajstić information content (AvgIpc) is 2.26. The number of aromatic hydroxyl groups is 1. The van der Waals surface area contributed by atoms with Crippen molar-refractivity contribution in [3.63, 3.8) is 0 Å². The van der Waals surface area contributed by atoms with Gasteiger partial charge < -0.3 is 15.1 Å². The van der Waals surface area contributed by atoms with Gasteiger partial charge in [-0.05, 0) is 18.2 Å². The van der Waals surface area contributed by atoms with Crippen molar-refractivity contribution in [2.75, 3.05) is 13.1 Å². The number of phenols is 1. The maximum atomic E-state index is 12.1. The van der Waals surface area contributed by atoms with Crippen molar-refractivity contribution < 1.29 is 19.8 Å². The average molecular weight is 328 g/mol. The molecule has 0 saturated carbocycles. The Morgan fingerprint density at radius 2 is 2.05 bits per heavy atom. The molecule has 2 N–H and O–H groups in total. The number of amides is 1. The Morgan fingerprint density at radius 1 is 1.42 bits per heavy atom. The Hall–Kier alpha value is -1.56. The fourth-order valence-electron chi connectivity index (χ4n) is 2.05. The highest BCUT2D eigenvalue weighted by molar-refractivity contribution is 9.10. The second kappa shape index (κ2) is 5.21. The summed E-state index contributed by atoms with van der Waals surface area (Å²) in [6, 6.07) is 4.70. The smallest absolute Gasteiger partial charge is 0.306 e. The molecule has 0 aliphatic carbocycles. The van der Waals surface area contributed by atoms with Gasteiger partial charge in [0.25, 0.3) is 5.91 Å². The maximum absolute atomic E-state index is 12.1. The summed E-state index contributed by atoms with van der Waals surface area (Å²) < 4.78 is 0.697. The van der Waals surface area contributed by atoms with Crippen molar-refractivity contribution in [1.29, 1.82) is 0 Å². The molecule has 5 nitrogen and oxygen atoms in total. The first-order valence-electron chi connectivity index (χ1n) is 5.90.